The standard InChI is InChI=1S/C15H21ClN2O2/c1-20-14-8-13(17)12(16)7-11(14)15(19)18-9-10-5-3-2-4-6-10/h7-8,10H,2-6,9,17H2,1H3,(H,18,19). The first kappa shape index (κ1) is 15.0. The zero-order valence-corrected chi connectivity index (χ0v) is 12.5. The summed E-state index contributed by atoms with van der Waals surface area (Å²) in [6, 6.07) is 3.14. The molecule has 1 aliphatic rings. The highest BCUT2D eigenvalue weighted by atomic mass is 35.5. The molecule has 0 saturated heterocycles. The minimum absolute atomic E-state index is 0.158. The molecule has 20 heavy (non-hydrogen) atoms. The predicted octanol–water partition coefficient (Wildman–Crippen LogP) is 3.24. The first-order valence-corrected chi connectivity index (χ1v) is 7.41. The van der Waals surface area contributed by atoms with Gasteiger partial charge in [-0.1, -0.05) is 30.9 Å². The van der Waals surface area contributed by atoms with E-state index in [0.29, 0.717) is 34.5 Å². The van der Waals surface area contributed by atoms with E-state index in [-0.39, 0.29) is 5.91 Å². The summed E-state index contributed by atoms with van der Waals surface area (Å²) < 4.78 is 5.19. The molecule has 0 bridgehead atoms. The number of hydrogen-bond donors (Lipinski definition) is 2. The van der Waals surface area contributed by atoms with Crippen LogP contribution >= 0.6 is 11.6 Å². The summed E-state index contributed by atoms with van der Waals surface area (Å²) in [5.74, 6) is 0.880. The summed E-state index contributed by atoms with van der Waals surface area (Å²) in [4.78, 5) is 12.2. The Hall–Kier alpha value is -1.42. The lowest BCUT2D eigenvalue weighted by Crippen LogP contribution is -2.30. The van der Waals surface area contributed by atoms with Gasteiger partial charge in [0, 0.05) is 12.6 Å². The molecule has 1 aromatic carbocycles. The molecule has 0 spiro atoms. The fraction of sp³-hybridized carbons (Fsp3) is 0.533. The Bertz CT molecular complexity index is 485. The molecule has 0 aliphatic heterocycles. The van der Waals surface area contributed by atoms with Crippen molar-refractivity contribution in [1.29, 1.82) is 0 Å². The molecule has 1 fully saturated rings. The summed E-state index contributed by atoms with van der Waals surface area (Å²) in [6.07, 6.45) is 6.22. The number of carbonyl (C=O) groups excluding carboxylic acids is 1. The van der Waals surface area contributed by atoms with Gasteiger partial charge in [0.1, 0.15) is 5.75 Å². The van der Waals surface area contributed by atoms with Crippen molar-refractivity contribution >= 4 is 23.2 Å². The van der Waals surface area contributed by atoms with Gasteiger partial charge in [-0.15, -0.1) is 0 Å². The SMILES string of the molecule is COc1cc(N)c(Cl)cc1C(=O)NCC1CCCCC1. The van der Waals surface area contributed by atoms with E-state index in [4.69, 9.17) is 22.1 Å². The van der Waals surface area contributed by atoms with Crippen LogP contribution in [0, 0.1) is 5.92 Å². The van der Waals surface area contributed by atoms with Crippen LogP contribution in [0.15, 0.2) is 12.1 Å². The van der Waals surface area contributed by atoms with E-state index in [1.807, 2.05) is 0 Å². The third kappa shape index (κ3) is 3.57. The molecule has 0 unspecified atom stereocenters. The van der Waals surface area contributed by atoms with E-state index in [0.717, 1.165) is 0 Å². The molecule has 1 saturated carbocycles. The Morgan fingerprint density at radius 3 is 2.75 bits per heavy atom. The average molecular weight is 297 g/mol. The van der Waals surface area contributed by atoms with Gasteiger partial charge in [0.05, 0.1) is 23.4 Å². The van der Waals surface area contributed by atoms with Crippen molar-refractivity contribution in [3.8, 4) is 5.75 Å². The number of nitrogens with one attached hydrogen (secondary N) is 1. The molecular formula is C15H21ClN2O2. The van der Waals surface area contributed by atoms with Crippen LogP contribution in [0.25, 0.3) is 0 Å². The first-order valence-electron chi connectivity index (χ1n) is 7.03. The second-order valence-corrected chi connectivity index (χ2v) is 5.70. The van der Waals surface area contributed by atoms with Gasteiger partial charge in [-0.3, -0.25) is 4.79 Å². The number of hydrogen-bond acceptors (Lipinski definition) is 3. The number of carbonyl (C=O) groups is 1. The van der Waals surface area contributed by atoms with E-state index in [1.165, 1.54) is 39.2 Å². The van der Waals surface area contributed by atoms with Gasteiger partial charge in [-0.05, 0) is 24.8 Å². The van der Waals surface area contributed by atoms with Crippen molar-refractivity contribution in [3.05, 3.63) is 22.7 Å². The Morgan fingerprint density at radius 1 is 1.40 bits per heavy atom. The summed E-state index contributed by atoms with van der Waals surface area (Å²) in [5, 5.41) is 3.34. The van der Waals surface area contributed by atoms with Crippen LogP contribution in [-0.2, 0) is 0 Å². The number of halogens is 1. The van der Waals surface area contributed by atoms with Crippen molar-refractivity contribution in [1.82, 2.24) is 5.32 Å². The lowest BCUT2D eigenvalue weighted by molar-refractivity contribution is 0.0940. The molecule has 0 aromatic heterocycles. The minimum Gasteiger partial charge on any atom is -0.496 e. The van der Waals surface area contributed by atoms with Crippen LogP contribution in [0.5, 0.6) is 5.75 Å². The molecule has 2 rings (SSSR count). The number of nitrogens with two attached hydrogens (primary N) is 1. The molecule has 5 heteroatoms. The third-order valence-corrected chi connectivity index (χ3v) is 4.17. The van der Waals surface area contributed by atoms with Gasteiger partial charge in [0.2, 0.25) is 0 Å². The van der Waals surface area contributed by atoms with Gasteiger partial charge < -0.3 is 15.8 Å². The topological polar surface area (TPSA) is 64.3 Å². The first-order chi connectivity index (χ1) is 9.61. The molecule has 3 N–H and O–H groups in total. The summed E-state index contributed by atoms with van der Waals surface area (Å²) in [6.45, 7) is 0.712. The Kier molecular flexibility index (Phi) is 5.12. The molecule has 110 valence electrons. The van der Waals surface area contributed by atoms with E-state index in [2.05, 4.69) is 5.32 Å². The van der Waals surface area contributed by atoms with Crippen LogP contribution in [0.1, 0.15) is 42.5 Å². The van der Waals surface area contributed by atoms with Crippen LogP contribution in [0.2, 0.25) is 5.02 Å². The Balaban J connectivity index is 2.02. The highest BCUT2D eigenvalue weighted by Gasteiger charge is 2.18. The maximum Gasteiger partial charge on any atom is 0.255 e. The van der Waals surface area contributed by atoms with Crippen molar-refractivity contribution in [3.63, 3.8) is 0 Å². The number of rotatable bonds is 4. The fourth-order valence-electron chi connectivity index (χ4n) is 2.64. The van der Waals surface area contributed by atoms with E-state index in [1.54, 1.807) is 12.1 Å². The number of anilines is 1. The molecule has 1 aliphatic carbocycles. The van der Waals surface area contributed by atoms with Crippen LogP contribution < -0.4 is 15.8 Å². The maximum absolute atomic E-state index is 12.2. The summed E-state index contributed by atoms with van der Waals surface area (Å²) in [5.41, 5.74) is 6.55. The zero-order valence-electron chi connectivity index (χ0n) is 11.7. The van der Waals surface area contributed by atoms with Crippen molar-refractivity contribution < 1.29 is 9.53 Å². The van der Waals surface area contributed by atoms with Crippen LogP contribution in [0.3, 0.4) is 0 Å². The van der Waals surface area contributed by atoms with Gasteiger partial charge in [0.25, 0.3) is 5.91 Å². The molecule has 0 atom stereocenters. The average Bonchev–Trinajstić information content (AvgIpc) is 2.48. The molecular weight excluding hydrogens is 276 g/mol. The second-order valence-electron chi connectivity index (χ2n) is 5.29. The van der Waals surface area contributed by atoms with Crippen LogP contribution in [0.4, 0.5) is 5.69 Å². The van der Waals surface area contributed by atoms with Gasteiger partial charge in [0.15, 0.2) is 0 Å². The normalized spacial score (nSPS) is 15.9. The second kappa shape index (κ2) is 6.84. The van der Waals surface area contributed by atoms with E-state index >= 15 is 0 Å². The summed E-state index contributed by atoms with van der Waals surface area (Å²) in [7, 11) is 1.51. The van der Waals surface area contributed by atoms with E-state index < -0.39 is 0 Å². The maximum atomic E-state index is 12.2. The number of methoxy groups -OCH3 is 1. The van der Waals surface area contributed by atoms with Gasteiger partial charge in [-0.2, -0.15) is 0 Å². The van der Waals surface area contributed by atoms with Crippen LogP contribution in [-0.4, -0.2) is 19.6 Å². The number of nitrogen functional groups attached to an aromatic ring is 1. The third-order valence-electron chi connectivity index (χ3n) is 3.84. The predicted molar refractivity (Wildman–Crippen MR) is 81.3 cm³/mol. The Morgan fingerprint density at radius 2 is 2.10 bits per heavy atom. The zero-order chi connectivity index (χ0) is 14.5. The van der Waals surface area contributed by atoms with Gasteiger partial charge >= 0.3 is 0 Å². The van der Waals surface area contributed by atoms with Crippen molar-refractivity contribution in [2.24, 2.45) is 5.92 Å². The molecule has 1 amide bonds. The Labute approximate surface area is 124 Å². The molecule has 0 radical (unpaired) electrons. The highest BCUT2D eigenvalue weighted by Crippen LogP contribution is 2.29. The van der Waals surface area contributed by atoms with Crippen molar-refractivity contribution in [2.75, 3.05) is 19.4 Å². The molecule has 4 nitrogen and oxygen atoms in total. The number of ether oxygens (including phenoxy) is 1. The molecule has 0 heterocycles. The fourth-order valence-corrected chi connectivity index (χ4v) is 2.80. The number of benzene rings is 1. The largest absolute Gasteiger partial charge is 0.496 e. The highest BCUT2D eigenvalue weighted by molar-refractivity contribution is 6.33. The lowest BCUT2D eigenvalue weighted by Gasteiger charge is -2.22. The van der Waals surface area contributed by atoms with E-state index in [9.17, 15) is 4.79 Å². The van der Waals surface area contributed by atoms with Crippen molar-refractivity contribution in [2.45, 2.75) is 32.1 Å². The molecule has 1 aromatic rings. The monoisotopic (exact) mass is 296 g/mol. The quantitative estimate of drug-likeness (QED) is 0.838. The van der Waals surface area contributed by atoms with Gasteiger partial charge in [-0.25, -0.2) is 0 Å². The smallest absolute Gasteiger partial charge is 0.255 e. The summed E-state index contributed by atoms with van der Waals surface area (Å²) >= 11 is 5.98. The lowest BCUT2D eigenvalue weighted by atomic mass is 9.89. The minimum atomic E-state index is -0.158. The number of amides is 1.